The molecule has 122 valence electrons. The first-order chi connectivity index (χ1) is 11.0. The lowest BCUT2D eigenvalue weighted by Gasteiger charge is -2.21. The molecule has 1 aromatic heterocycles. The zero-order valence-electron chi connectivity index (χ0n) is 13.4. The number of benzene rings is 1. The van der Waals surface area contributed by atoms with Crippen molar-refractivity contribution in [1.29, 1.82) is 0 Å². The van der Waals surface area contributed by atoms with Crippen LogP contribution in [0.3, 0.4) is 0 Å². The number of carbonyl (C=O) groups excluding carboxylic acids is 2. The monoisotopic (exact) mass is 316 g/mol. The summed E-state index contributed by atoms with van der Waals surface area (Å²) in [5.41, 5.74) is 1.17. The Labute approximate surface area is 134 Å². The fourth-order valence-corrected chi connectivity index (χ4v) is 2.11. The second-order valence-electron chi connectivity index (χ2n) is 5.35. The number of nitrogens with one attached hydrogen (secondary N) is 1. The number of amides is 2. The van der Waals surface area contributed by atoms with Gasteiger partial charge in [0.1, 0.15) is 6.33 Å². The summed E-state index contributed by atoms with van der Waals surface area (Å²) in [4.78, 5) is 26.0. The van der Waals surface area contributed by atoms with Crippen molar-refractivity contribution in [2.75, 3.05) is 13.1 Å². The molecule has 0 aliphatic carbocycles. The van der Waals surface area contributed by atoms with Gasteiger partial charge >= 0.3 is 0 Å². The van der Waals surface area contributed by atoms with Crippen LogP contribution in [0.5, 0.6) is 0 Å². The highest BCUT2D eigenvalue weighted by atomic mass is 16.2. The third kappa shape index (κ3) is 4.35. The summed E-state index contributed by atoms with van der Waals surface area (Å²) in [6.07, 6.45) is 1.46. The van der Waals surface area contributed by atoms with Crippen LogP contribution in [-0.2, 0) is 4.79 Å². The zero-order chi connectivity index (χ0) is 16.8. The largest absolute Gasteiger partial charge is 0.352 e. The van der Waals surface area contributed by atoms with Gasteiger partial charge in [-0.2, -0.15) is 0 Å². The van der Waals surface area contributed by atoms with Gasteiger partial charge in [-0.3, -0.25) is 9.59 Å². The van der Waals surface area contributed by atoms with E-state index in [1.165, 1.54) is 15.9 Å². The Hall–Kier alpha value is -2.77. The number of tetrazole rings is 1. The van der Waals surface area contributed by atoms with E-state index in [-0.39, 0.29) is 24.4 Å². The fraction of sp³-hybridized carbons (Fsp3) is 0.400. The number of hydrogen-bond acceptors (Lipinski definition) is 5. The lowest BCUT2D eigenvalue weighted by molar-refractivity contribution is -0.122. The molecule has 0 atom stereocenters. The average molecular weight is 316 g/mol. The summed E-state index contributed by atoms with van der Waals surface area (Å²) in [6, 6.07) is 7.00. The predicted octanol–water partition coefficient (Wildman–Crippen LogP) is 0.649. The second-order valence-corrected chi connectivity index (χ2v) is 5.35. The molecule has 23 heavy (non-hydrogen) atoms. The molecule has 2 aromatic rings. The summed E-state index contributed by atoms with van der Waals surface area (Å²) in [7, 11) is 0. The molecule has 0 bridgehead atoms. The van der Waals surface area contributed by atoms with Crippen LogP contribution in [-0.4, -0.2) is 56.1 Å². The van der Waals surface area contributed by atoms with Crippen LogP contribution in [0, 0.1) is 0 Å². The molecule has 0 aliphatic heterocycles. The normalized spacial score (nSPS) is 10.6. The van der Waals surface area contributed by atoms with E-state index in [4.69, 9.17) is 0 Å². The molecule has 0 unspecified atom stereocenters. The average Bonchev–Trinajstić information content (AvgIpc) is 3.06. The highest BCUT2D eigenvalue weighted by Gasteiger charge is 2.18. The van der Waals surface area contributed by atoms with E-state index >= 15 is 0 Å². The standard InChI is InChI=1S/C15H20N6O2/c1-4-20(9-14(22)17-11(2)3)15(23)12-6-5-7-13(8-12)21-10-16-18-19-21/h5-8,10-11H,4,9H2,1-3H3,(H,17,22). The molecule has 0 saturated carbocycles. The highest BCUT2D eigenvalue weighted by molar-refractivity contribution is 5.97. The van der Waals surface area contributed by atoms with Gasteiger partial charge in [-0.05, 0) is 49.4 Å². The van der Waals surface area contributed by atoms with Gasteiger partial charge in [0.15, 0.2) is 0 Å². The molecule has 0 saturated heterocycles. The van der Waals surface area contributed by atoms with E-state index in [1.807, 2.05) is 20.8 Å². The fourth-order valence-electron chi connectivity index (χ4n) is 2.11. The number of likely N-dealkylation sites (N-methyl/N-ethyl adjacent to an activating group) is 1. The third-order valence-corrected chi connectivity index (χ3v) is 3.16. The van der Waals surface area contributed by atoms with Gasteiger partial charge in [-0.15, -0.1) is 5.10 Å². The third-order valence-electron chi connectivity index (χ3n) is 3.16. The van der Waals surface area contributed by atoms with Crippen LogP contribution in [0.25, 0.3) is 5.69 Å². The maximum absolute atomic E-state index is 12.6. The quantitative estimate of drug-likeness (QED) is 0.844. The minimum atomic E-state index is -0.207. The van der Waals surface area contributed by atoms with Crippen LogP contribution < -0.4 is 5.32 Å². The maximum Gasteiger partial charge on any atom is 0.254 e. The molecular weight excluding hydrogens is 296 g/mol. The number of hydrogen-bond donors (Lipinski definition) is 1. The Morgan fingerprint density at radius 2 is 2.13 bits per heavy atom. The predicted molar refractivity (Wildman–Crippen MR) is 84.0 cm³/mol. The molecule has 1 N–H and O–H groups in total. The van der Waals surface area contributed by atoms with Crippen molar-refractivity contribution in [3.05, 3.63) is 36.2 Å². The molecular formula is C15H20N6O2. The Kier molecular flexibility index (Phi) is 5.40. The van der Waals surface area contributed by atoms with Gasteiger partial charge in [0.2, 0.25) is 5.91 Å². The van der Waals surface area contributed by atoms with Crippen molar-refractivity contribution in [3.63, 3.8) is 0 Å². The summed E-state index contributed by atoms with van der Waals surface area (Å²) in [6.45, 7) is 6.07. The minimum absolute atomic E-state index is 0.0304. The van der Waals surface area contributed by atoms with Crippen LogP contribution >= 0.6 is 0 Å². The molecule has 0 spiro atoms. The number of rotatable bonds is 6. The summed E-state index contributed by atoms with van der Waals surface area (Å²) >= 11 is 0. The smallest absolute Gasteiger partial charge is 0.254 e. The second kappa shape index (κ2) is 7.48. The Bertz CT molecular complexity index is 668. The number of nitrogens with zero attached hydrogens (tertiary/aromatic N) is 5. The van der Waals surface area contributed by atoms with Crippen molar-refractivity contribution in [2.45, 2.75) is 26.8 Å². The van der Waals surface area contributed by atoms with Crippen molar-refractivity contribution in [3.8, 4) is 5.69 Å². The molecule has 1 aromatic carbocycles. The van der Waals surface area contributed by atoms with Gasteiger partial charge in [0, 0.05) is 18.2 Å². The van der Waals surface area contributed by atoms with Crippen molar-refractivity contribution < 1.29 is 9.59 Å². The Balaban J connectivity index is 2.14. The molecule has 2 amide bonds. The van der Waals surface area contributed by atoms with Crippen molar-refractivity contribution >= 4 is 11.8 Å². The van der Waals surface area contributed by atoms with Crippen molar-refractivity contribution in [2.24, 2.45) is 0 Å². The lowest BCUT2D eigenvalue weighted by atomic mass is 10.1. The van der Waals surface area contributed by atoms with Crippen molar-refractivity contribution in [1.82, 2.24) is 30.4 Å². The van der Waals surface area contributed by atoms with E-state index < -0.39 is 0 Å². The topological polar surface area (TPSA) is 93.0 Å². The van der Waals surface area contributed by atoms with Gasteiger partial charge in [-0.25, -0.2) is 4.68 Å². The molecule has 8 heteroatoms. The van der Waals surface area contributed by atoms with E-state index in [1.54, 1.807) is 24.3 Å². The Morgan fingerprint density at radius 1 is 1.35 bits per heavy atom. The van der Waals surface area contributed by atoms with E-state index in [0.717, 1.165) is 0 Å². The molecule has 0 radical (unpaired) electrons. The minimum Gasteiger partial charge on any atom is -0.352 e. The Morgan fingerprint density at radius 3 is 2.74 bits per heavy atom. The SMILES string of the molecule is CCN(CC(=O)NC(C)C)C(=O)c1cccc(-n2cnnn2)c1. The van der Waals surface area contributed by atoms with E-state index in [0.29, 0.717) is 17.8 Å². The molecule has 0 fully saturated rings. The first kappa shape index (κ1) is 16.6. The van der Waals surface area contributed by atoms with Crippen LogP contribution in [0.15, 0.2) is 30.6 Å². The van der Waals surface area contributed by atoms with Gasteiger partial charge in [-0.1, -0.05) is 6.07 Å². The van der Waals surface area contributed by atoms with Crippen LogP contribution in [0.1, 0.15) is 31.1 Å². The molecule has 8 nitrogen and oxygen atoms in total. The van der Waals surface area contributed by atoms with Crippen LogP contribution in [0.4, 0.5) is 0 Å². The number of carbonyl (C=O) groups is 2. The van der Waals surface area contributed by atoms with E-state index in [2.05, 4.69) is 20.8 Å². The molecule has 1 heterocycles. The van der Waals surface area contributed by atoms with Gasteiger partial charge < -0.3 is 10.2 Å². The maximum atomic E-state index is 12.6. The zero-order valence-corrected chi connectivity index (χ0v) is 13.4. The number of aromatic nitrogens is 4. The summed E-state index contributed by atoms with van der Waals surface area (Å²) in [5.74, 6) is -0.381. The first-order valence-corrected chi connectivity index (χ1v) is 7.43. The molecule has 2 rings (SSSR count). The van der Waals surface area contributed by atoms with E-state index in [9.17, 15) is 9.59 Å². The highest BCUT2D eigenvalue weighted by Crippen LogP contribution is 2.11. The van der Waals surface area contributed by atoms with Gasteiger partial charge in [0.05, 0.1) is 12.2 Å². The lowest BCUT2D eigenvalue weighted by Crippen LogP contribution is -2.42. The summed E-state index contributed by atoms with van der Waals surface area (Å²) in [5, 5.41) is 13.7. The molecule has 0 aliphatic rings. The van der Waals surface area contributed by atoms with Crippen LogP contribution in [0.2, 0.25) is 0 Å². The first-order valence-electron chi connectivity index (χ1n) is 7.43. The van der Waals surface area contributed by atoms with Gasteiger partial charge in [0.25, 0.3) is 5.91 Å². The summed E-state index contributed by atoms with van der Waals surface area (Å²) < 4.78 is 1.47.